The van der Waals surface area contributed by atoms with Crippen LogP contribution in [0.25, 0.3) is 6.08 Å². The molecule has 1 atom stereocenters. The Kier molecular flexibility index (Phi) is 6.97. The van der Waals surface area contributed by atoms with Crippen LogP contribution in [0.15, 0.2) is 30.3 Å². The van der Waals surface area contributed by atoms with Gasteiger partial charge < -0.3 is 19.9 Å². The number of hydrogen-bond donors (Lipinski definition) is 2. The number of amides is 1. The number of ether oxygens (including phenoxy) is 2. The summed E-state index contributed by atoms with van der Waals surface area (Å²) in [6.45, 7) is 2.41. The molecule has 0 aliphatic heterocycles. The van der Waals surface area contributed by atoms with Crippen molar-refractivity contribution >= 4 is 18.0 Å². The van der Waals surface area contributed by atoms with Crippen molar-refractivity contribution in [3.63, 3.8) is 0 Å². The monoisotopic (exact) mass is 293 g/mol. The van der Waals surface area contributed by atoms with Gasteiger partial charge in [0, 0.05) is 13.2 Å². The molecule has 0 radical (unpaired) electrons. The molecule has 0 saturated carbocycles. The number of aliphatic carboxylic acids is 1. The molecule has 0 heterocycles. The third kappa shape index (κ3) is 6.09. The van der Waals surface area contributed by atoms with E-state index in [0.717, 1.165) is 11.3 Å². The molecule has 0 fully saturated rings. The van der Waals surface area contributed by atoms with E-state index in [-0.39, 0.29) is 6.61 Å². The second-order valence-corrected chi connectivity index (χ2v) is 4.19. The molecule has 1 unspecified atom stereocenters. The maximum atomic E-state index is 11.6. The van der Waals surface area contributed by atoms with E-state index in [1.165, 1.54) is 13.2 Å². The van der Waals surface area contributed by atoms with E-state index < -0.39 is 17.9 Å². The quantitative estimate of drug-likeness (QED) is 0.706. The van der Waals surface area contributed by atoms with Gasteiger partial charge >= 0.3 is 5.97 Å². The molecule has 0 aliphatic rings. The largest absolute Gasteiger partial charge is 0.494 e. The first-order chi connectivity index (χ1) is 10.1. The van der Waals surface area contributed by atoms with Gasteiger partial charge in [0.15, 0.2) is 6.04 Å². The van der Waals surface area contributed by atoms with Gasteiger partial charge in [-0.1, -0.05) is 12.1 Å². The molecule has 6 nitrogen and oxygen atoms in total. The fraction of sp³-hybridized carbons (Fsp3) is 0.333. The van der Waals surface area contributed by atoms with Crippen molar-refractivity contribution < 1.29 is 24.2 Å². The fourth-order valence-electron chi connectivity index (χ4n) is 1.57. The molecule has 1 aromatic rings. The molecule has 0 saturated heterocycles. The Hall–Kier alpha value is -2.34. The summed E-state index contributed by atoms with van der Waals surface area (Å²) in [6, 6.07) is 6.14. The zero-order valence-corrected chi connectivity index (χ0v) is 12.0. The number of hydrogen-bond acceptors (Lipinski definition) is 4. The maximum Gasteiger partial charge on any atom is 0.328 e. The molecule has 0 spiro atoms. The molecule has 1 amide bonds. The number of carbonyl (C=O) groups excluding carboxylic acids is 1. The van der Waals surface area contributed by atoms with Gasteiger partial charge in [0.25, 0.3) is 0 Å². The predicted molar refractivity (Wildman–Crippen MR) is 78.1 cm³/mol. The minimum Gasteiger partial charge on any atom is -0.494 e. The van der Waals surface area contributed by atoms with Gasteiger partial charge in [-0.2, -0.15) is 0 Å². The summed E-state index contributed by atoms with van der Waals surface area (Å²) in [4.78, 5) is 22.5. The van der Waals surface area contributed by atoms with Crippen LogP contribution < -0.4 is 10.1 Å². The SMILES string of the molecule is CCOc1ccc(/C=C/C(=O)NC(COC)C(=O)O)cc1. The summed E-state index contributed by atoms with van der Waals surface area (Å²) in [7, 11) is 1.37. The van der Waals surface area contributed by atoms with E-state index in [4.69, 9.17) is 14.6 Å². The molecular formula is C15H19NO5. The molecule has 114 valence electrons. The van der Waals surface area contributed by atoms with Crippen LogP contribution in [0.3, 0.4) is 0 Å². The Morgan fingerprint density at radius 3 is 2.52 bits per heavy atom. The van der Waals surface area contributed by atoms with E-state index in [9.17, 15) is 9.59 Å². The standard InChI is InChI=1S/C15H19NO5/c1-3-21-12-7-4-11(5-8-12)6-9-14(17)16-13(10-20-2)15(18)19/h4-9,13H,3,10H2,1-2H3,(H,16,17)(H,18,19)/b9-6+. The van der Waals surface area contributed by atoms with Gasteiger partial charge in [-0.05, 0) is 30.7 Å². The average molecular weight is 293 g/mol. The number of carboxylic acid groups (broad SMARTS) is 1. The zero-order valence-electron chi connectivity index (χ0n) is 12.0. The van der Waals surface area contributed by atoms with Crippen LogP contribution in [0.5, 0.6) is 5.75 Å². The lowest BCUT2D eigenvalue weighted by Crippen LogP contribution is -2.43. The molecule has 6 heteroatoms. The van der Waals surface area contributed by atoms with Crippen LogP contribution in [0, 0.1) is 0 Å². The minimum atomic E-state index is -1.14. The number of carboxylic acids is 1. The Labute approximate surface area is 123 Å². The smallest absolute Gasteiger partial charge is 0.328 e. The molecule has 21 heavy (non-hydrogen) atoms. The van der Waals surface area contributed by atoms with Crippen molar-refractivity contribution in [3.8, 4) is 5.75 Å². The van der Waals surface area contributed by atoms with E-state index in [2.05, 4.69) is 5.32 Å². The number of carbonyl (C=O) groups is 2. The Bertz CT molecular complexity index is 495. The summed E-state index contributed by atoms with van der Waals surface area (Å²) in [5.74, 6) is -0.877. The fourth-order valence-corrected chi connectivity index (χ4v) is 1.57. The molecule has 1 rings (SSSR count). The van der Waals surface area contributed by atoms with Crippen LogP contribution in [0.2, 0.25) is 0 Å². The van der Waals surface area contributed by atoms with Crippen LogP contribution in [-0.2, 0) is 14.3 Å². The van der Waals surface area contributed by atoms with Crippen LogP contribution in [0.4, 0.5) is 0 Å². The molecule has 1 aromatic carbocycles. The third-order valence-electron chi connectivity index (χ3n) is 2.57. The molecular weight excluding hydrogens is 274 g/mol. The zero-order chi connectivity index (χ0) is 15.7. The van der Waals surface area contributed by atoms with Crippen molar-refractivity contribution in [2.45, 2.75) is 13.0 Å². The predicted octanol–water partition coefficient (Wildman–Crippen LogP) is 1.31. The topological polar surface area (TPSA) is 84.9 Å². The number of rotatable bonds is 8. The third-order valence-corrected chi connectivity index (χ3v) is 2.57. The van der Waals surface area contributed by atoms with Crippen LogP contribution in [-0.4, -0.2) is 43.3 Å². The lowest BCUT2D eigenvalue weighted by molar-refractivity contribution is -0.142. The highest BCUT2D eigenvalue weighted by Crippen LogP contribution is 2.12. The highest BCUT2D eigenvalue weighted by Gasteiger charge is 2.18. The lowest BCUT2D eigenvalue weighted by atomic mass is 10.2. The molecule has 0 aromatic heterocycles. The summed E-state index contributed by atoms with van der Waals surface area (Å²) in [6.07, 6.45) is 2.87. The highest BCUT2D eigenvalue weighted by atomic mass is 16.5. The van der Waals surface area contributed by atoms with Crippen LogP contribution >= 0.6 is 0 Å². The molecule has 0 bridgehead atoms. The average Bonchev–Trinajstić information content (AvgIpc) is 2.46. The summed E-state index contributed by atoms with van der Waals surface area (Å²) in [5.41, 5.74) is 0.812. The number of methoxy groups -OCH3 is 1. The Morgan fingerprint density at radius 1 is 1.33 bits per heavy atom. The van der Waals surface area contributed by atoms with Gasteiger partial charge in [-0.25, -0.2) is 4.79 Å². The van der Waals surface area contributed by atoms with Crippen molar-refractivity contribution in [1.82, 2.24) is 5.32 Å². The minimum absolute atomic E-state index is 0.0854. The van der Waals surface area contributed by atoms with Crippen molar-refractivity contribution in [2.24, 2.45) is 0 Å². The molecule has 2 N–H and O–H groups in total. The first-order valence-electron chi connectivity index (χ1n) is 6.50. The summed E-state index contributed by atoms with van der Waals surface area (Å²) >= 11 is 0. The van der Waals surface area contributed by atoms with E-state index >= 15 is 0 Å². The van der Waals surface area contributed by atoms with E-state index in [1.54, 1.807) is 30.3 Å². The van der Waals surface area contributed by atoms with E-state index in [1.807, 2.05) is 6.92 Å². The van der Waals surface area contributed by atoms with Gasteiger partial charge in [0.05, 0.1) is 13.2 Å². The summed E-state index contributed by atoms with van der Waals surface area (Å²) < 4.78 is 10.0. The Balaban J connectivity index is 2.58. The van der Waals surface area contributed by atoms with Crippen molar-refractivity contribution in [2.75, 3.05) is 20.3 Å². The normalized spacial score (nSPS) is 12.1. The van der Waals surface area contributed by atoms with Crippen molar-refractivity contribution in [3.05, 3.63) is 35.9 Å². The van der Waals surface area contributed by atoms with Gasteiger partial charge in [0.2, 0.25) is 5.91 Å². The first-order valence-corrected chi connectivity index (χ1v) is 6.50. The maximum absolute atomic E-state index is 11.6. The van der Waals surface area contributed by atoms with Gasteiger partial charge in [0.1, 0.15) is 5.75 Å². The van der Waals surface area contributed by atoms with Crippen LogP contribution in [0.1, 0.15) is 12.5 Å². The second kappa shape index (κ2) is 8.76. The number of benzene rings is 1. The number of nitrogens with one attached hydrogen (secondary N) is 1. The van der Waals surface area contributed by atoms with Gasteiger partial charge in [-0.3, -0.25) is 4.79 Å². The first kappa shape index (κ1) is 16.7. The van der Waals surface area contributed by atoms with Crippen molar-refractivity contribution in [1.29, 1.82) is 0 Å². The highest BCUT2D eigenvalue weighted by molar-refractivity contribution is 5.94. The Morgan fingerprint density at radius 2 is 2.00 bits per heavy atom. The summed E-state index contributed by atoms with van der Waals surface area (Å²) in [5, 5.41) is 11.2. The van der Waals surface area contributed by atoms with E-state index in [0.29, 0.717) is 6.61 Å². The van der Waals surface area contributed by atoms with Gasteiger partial charge in [-0.15, -0.1) is 0 Å². The second-order valence-electron chi connectivity index (χ2n) is 4.19. The molecule has 0 aliphatic carbocycles. The lowest BCUT2D eigenvalue weighted by Gasteiger charge is -2.11.